The van der Waals surface area contributed by atoms with Crippen LogP contribution >= 0.6 is 0 Å². The van der Waals surface area contributed by atoms with Crippen LogP contribution in [0.4, 0.5) is 13.6 Å². The highest BCUT2D eigenvalue weighted by atomic mass is 19.3. The molecule has 1 saturated heterocycles. The van der Waals surface area contributed by atoms with Crippen molar-refractivity contribution in [2.45, 2.75) is 58.8 Å². The summed E-state index contributed by atoms with van der Waals surface area (Å²) in [6, 6.07) is 5.31. The normalized spacial score (nSPS) is 25.5. The number of amides is 3. The zero-order valence-electron chi connectivity index (χ0n) is 17.2. The van der Waals surface area contributed by atoms with Crippen LogP contribution < -0.4 is 10.1 Å². The van der Waals surface area contributed by atoms with Crippen molar-refractivity contribution < 1.29 is 32.6 Å². The van der Waals surface area contributed by atoms with E-state index in [0.29, 0.717) is 12.8 Å². The van der Waals surface area contributed by atoms with E-state index in [4.69, 9.17) is 4.74 Å². The molecule has 164 valence electrons. The molecule has 2 unspecified atom stereocenters. The molecule has 0 bridgehead atoms. The summed E-state index contributed by atoms with van der Waals surface area (Å²) in [5.74, 6) is -1.10. The average molecular weight is 424 g/mol. The van der Waals surface area contributed by atoms with Gasteiger partial charge in [0.1, 0.15) is 24.4 Å². The molecule has 7 nitrogen and oxygen atoms in total. The molecule has 1 N–H and O–H groups in total. The summed E-state index contributed by atoms with van der Waals surface area (Å²) >= 11 is 0. The van der Waals surface area contributed by atoms with E-state index in [2.05, 4.69) is 23.9 Å². The average Bonchev–Trinajstić information content (AvgIpc) is 2.82. The third-order valence-electron chi connectivity index (χ3n) is 5.49. The molecule has 1 heterocycles. The maximum absolute atomic E-state index is 13.0. The third kappa shape index (κ3) is 4.71. The van der Waals surface area contributed by atoms with Gasteiger partial charge in [-0.1, -0.05) is 39.0 Å². The van der Waals surface area contributed by atoms with E-state index < -0.39 is 36.6 Å². The van der Waals surface area contributed by atoms with Gasteiger partial charge in [-0.25, -0.2) is 4.79 Å². The minimum absolute atomic E-state index is 0.104. The second-order valence-corrected chi connectivity index (χ2v) is 8.90. The second kappa shape index (κ2) is 8.20. The zero-order chi connectivity index (χ0) is 22.1. The van der Waals surface area contributed by atoms with Crippen LogP contribution in [-0.4, -0.2) is 41.5 Å². The second-order valence-electron chi connectivity index (χ2n) is 8.90. The van der Waals surface area contributed by atoms with Crippen LogP contribution in [0.5, 0.6) is 5.75 Å². The van der Waals surface area contributed by atoms with Gasteiger partial charge in [-0.05, 0) is 36.7 Å². The first-order valence-corrected chi connectivity index (χ1v) is 9.84. The number of halogens is 2. The van der Waals surface area contributed by atoms with Crippen LogP contribution in [0.2, 0.25) is 0 Å². The lowest BCUT2D eigenvalue weighted by atomic mass is 9.64. The minimum atomic E-state index is -3.01. The highest BCUT2D eigenvalue weighted by Gasteiger charge is 2.56. The van der Waals surface area contributed by atoms with Gasteiger partial charge in [0.05, 0.1) is 0 Å². The van der Waals surface area contributed by atoms with Crippen molar-refractivity contribution in [3.8, 4) is 5.75 Å². The number of urea groups is 1. The Hall–Kier alpha value is -2.71. The van der Waals surface area contributed by atoms with Gasteiger partial charge in [-0.15, -0.1) is 0 Å². The Bertz CT molecular complexity index is 844. The van der Waals surface area contributed by atoms with Crippen LogP contribution in [0.15, 0.2) is 24.3 Å². The van der Waals surface area contributed by atoms with Crippen molar-refractivity contribution >= 4 is 17.9 Å². The van der Waals surface area contributed by atoms with E-state index >= 15 is 0 Å². The quantitative estimate of drug-likeness (QED) is 0.558. The van der Waals surface area contributed by atoms with Crippen molar-refractivity contribution in [3.05, 3.63) is 29.8 Å². The largest absolute Gasteiger partial charge is 0.459 e. The summed E-state index contributed by atoms with van der Waals surface area (Å²) in [6.07, 6.45) is 1.96. The smallest absolute Gasteiger partial charge is 0.387 e. The maximum atomic E-state index is 13.0. The van der Waals surface area contributed by atoms with Gasteiger partial charge in [0.15, 0.2) is 0 Å². The lowest BCUT2D eigenvalue weighted by Gasteiger charge is -2.43. The highest BCUT2D eigenvalue weighted by Crippen LogP contribution is 2.46. The molecule has 0 radical (unpaired) electrons. The van der Waals surface area contributed by atoms with Crippen molar-refractivity contribution in [3.63, 3.8) is 0 Å². The summed E-state index contributed by atoms with van der Waals surface area (Å²) in [5, 5.41) is 2.79. The van der Waals surface area contributed by atoms with Crippen LogP contribution in [0, 0.1) is 11.3 Å². The lowest BCUT2D eigenvalue weighted by molar-refractivity contribution is -0.149. The fraction of sp³-hybridized carbons (Fsp3) is 0.571. The molecule has 2 atom stereocenters. The molecule has 3 amide bonds. The van der Waals surface area contributed by atoms with Gasteiger partial charge < -0.3 is 14.8 Å². The van der Waals surface area contributed by atoms with E-state index in [1.807, 2.05) is 6.92 Å². The van der Waals surface area contributed by atoms with Crippen molar-refractivity contribution in [2.75, 3.05) is 6.54 Å². The Labute approximate surface area is 173 Å². The number of esters is 1. The van der Waals surface area contributed by atoms with Gasteiger partial charge in [0, 0.05) is 5.56 Å². The topological polar surface area (TPSA) is 84.9 Å². The number of ether oxygens (including phenoxy) is 2. The van der Waals surface area contributed by atoms with Gasteiger partial charge >= 0.3 is 18.6 Å². The number of rotatable bonds is 6. The van der Waals surface area contributed by atoms with Gasteiger partial charge in [0.25, 0.3) is 5.91 Å². The fourth-order valence-electron chi connectivity index (χ4n) is 4.82. The lowest BCUT2D eigenvalue weighted by Crippen LogP contribution is -2.54. The van der Waals surface area contributed by atoms with Crippen LogP contribution in [-0.2, 0) is 20.9 Å². The van der Waals surface area contributed by atoms with Gasteiger partial charge in [-0.3, -0.25) is 14.5 Å². The van der Waals surface area contributed by atoms with Crippen molar-refractivity contribution in [1.29, 1.82) is 0 Å². The SMILES string of the molecule is CC1CC(C)(C)CC2(C1)NC(=O)N(CC(=O)OCc1ccccc1OC(F)F)C2=O. The molecular formula is C21H26F2N2O5. The molecule has 1 saturated carbocycles. The predicted molar refractivity (Wildman–Crippen MR) is 103 cm³/mol. The number of benzene rings is 1. The van der Waals surface area contributed by atoms with E-state index in [1.165, 1.54) is 18.2 Å². The first-order valence-electron chi connectivity index (χ1n) is 9.84. The molecule has 1 aliphatic carbocycles. The van der Waals surface area contributed by atoms with E-state index in [9.17, 15) is 23.2 Å². The number of hydrogen-bond acceptors (Lipinski definition) is 5. The predicted octanol–water partition coefficient (Wildman–Crippen LogP) is 3.47. The Morgan fingerprint density at radius 3 is 2.63 bits per heavy atom. The van der Waals surface area contributed by atoms with Crippen molar-refractivity contribution in [2.24, 2.45) is 11.3 Å². The molecule has 9 heteroatoms. The fourth-order valence-corrected chi connectivity index (χ4v) is 4.82. The molecule has 2 fully saturated rings. The molecule has 3 rings (SSSR count). The Kier molecular flexibility index (Phi) is 6.01. The number of hydrogen-bond donors (Lipinski definition) is 1. The summed E-state index contributed by atoms with van der Waals surface area (Å²) in [4.78, 5) is 38.6. The summed E-state index contributed by atoms with van der Waals surface area (Å²) in [7, 11) is 0. The number of carbonyl (C=O) groups is 3. The Morgan fingerprint density at radius 2 is 1.97 bits per heavy atom. The molecule has 1 aliphatic heterocycles. The summed E-state index contributed by atoms with van der Waals surface area (Å²) in [5.41, 5.74) is -0.871. The molecular weight excluding hydrogens is 398 g/mol. The number of imide groups is 1. The third-order valence-corrected chi connectivity index (χ3v) is 5.49. The van der Waals surface area contributed by atoms with E-state index in [1.54, 1.807) is 6.07 Å². The molecule has 2 aliphatic rings. The van der Waals surface area contributed by atoms with E-state index in [-0.39, 0.29) is 29.3 Å². The standard InChI is InChI=1S/C21H26F2N2O5/c1-13-8-20(2,3)12-21(9-13)17(27)25(19(28)24-21)10-16(26)29-11-14-6-4-5-7-15(14)30-18(22)23/h4-7,13,18H,8-12H2,1-3H3,(H,24,28). The summed E-state index contributed by atoms with van der Waals surface area (Å²) < 4.78 is 34.5. The Balaban J connectivity index is 1.64. The number of carbonyl (C=O) groups excluding carboxylic acids is 3. The van der Waals surface area contributed by atoms with Crippen molar-refractivity contribution in [1.82, 2.24) is 10.2 Å². The molecule has 1 aromatic rings. The molecule has 1 aromatic carbocycles. The number of alkyl halides is 2. The number of nitrogens with one attached hydrogen (secondary N) is 1. The summed E-state index contributed by atoms with van der Waals surface area (Å²) in [6.45, 7) is 2.28. The minimum Gasteiger partial charge on any atom is -0.459 e. The highest BCUT2D eigenvalue weighted by molar-refractivity contribution is 6.08. The first kappa shape index (κ1) is 22.0. The molecule has 1 spiro atoms. The number of nitrogens with zero attached hydrogens (tertiary/aromatic N) is 1. The van der Waals surface area contributed by atoms with Crippen LogP contribution in [0.3, 0.4) is 0 Å². The maximum Gasteiger partial charge on any atom is 0.387 e. The zero-order valence-corrected chi connectivity index (χ0v) is 17.2. The molecule has 0 aromatic heterocycles. The number of para-hydroxylation sites is 1. The molecule has 30 heavy (non-hydrogen) atoms. The monoisotopic (exact) mass is 424 g/mol. The first-order chi connectivity index (χ1) is 14.0. The van der Waals surface area contributed by atoms with Gasteiger partial charge in [-0.2, -0.15) is 8.78 Å². The van der Waals surface area contributed by atoms with Gasteiger partial charge in [0.2, 0.25) is 0 Å². The van der Waals surface area contributed by atoms with E-state index in [0.717, 1.165) is 11.3 Å². The van der Waals surface area contributed by atoms with Crippen LogP contribution in [0.25, 0.3) is 0 Å². The van der Waals surface area contributed by atoms with Crippen LogP contribution in [0.1, 0.15) is 45.6 Å². The Morgan fingerprint density at radius 1 is 1.27 bits per heavy atom.